The van der Waals surface area contributed by atoms with E-state index in [4.69, 9.17) is 4.74 Å². The third-order valence-electron chi connectivity index (χ3n) is 2.19. The molecule has 0 aromatic rings. The predicted molar refractivity (Wildman–Crippen MR) is 51.2 cm³/mol. The van der Waals surface area contributed by atoms with Gasteiger partial charge in [-0.25, -0.2) is 0 Å². The molecule has 1 nitrogen and oxygen atoms in total. The second-order valence-electron chi connectivity index (χ2n) is 3.12. The molecule has 1 aliphatic rings. The van der Waals surface area contributed by atoms with Crippen LogP contribution >= 0.6 is 11.8 Å². The lowest BCUT2D eigenvalue weighted by Crippen LogP contribution is -2.09. The fourth-order valence-corrected chi connectivity index (χ4v) is 2.79. The van der Waals surface area contributed by atoms with Gasteiger partial charge in [0.05, 0.1) is 6.61 Å². The van der Waals surface area contributed by atoms with E-state index in [0.29, 0.717) is 0 Å². The number of ether oxygens (including phenoxy) is 1. The molecule has 1 aliphatic carbocycles. The van der Waals surface area contributed by atoms with Crippen molar-refractivity contribution in [3.05, 3.63) is 0 Å². The van der Waals surface area contributed by atoms with Crippen molar-refractivity contribution in [2.45, 2.75) is 37.4 Å². The second-order valence-corrected chi connectivity index (χ2v) is 4.53. The maximum atomic E-state index is 5.01. The zero-order chi connectivity index (χ0) is 7.94. The van der Waals surface area contributed by atoms with Crippen LogP contribution in [0.25, 0.3) is 0 Å². The summed E-state index contributed by atoms with van der Waals surface area (Å²) in [6.45, 7) is 0.918. The summed E-state index contributed by atoms with van der Waals surface area (Å²) in [7, 11) is 1.78. The molecule has 0 N–H and O–H groups in total. The molecule has 11 heavy (non-hydrogen) atoms. The number of methoxy groups -OCH3 is 1. The van der Waals surface area contributed by atoms with Crippen molar-refractivity contribution in [1.29, 1.82) is 0 Å². The van der Waals surface area contributed by atoms with Crippen LogP contribution in [0.5, 0.6) is 0 Å². The van der Waals surface area contributed by atoms with E-state index in [2.05, 4.69) is 11.8 Å². The van der Waals surface area contributed by atoms with Gasteiger partial charge in [0.15, 0.2) is 0 Å². The first-order valence-corrected chi connectivity index (χ1v) is 5.59. The lowest BCUT2D eigenvalue weighted by Gasteiger charge is -2.20. The van der Waals surface area contributed by atoms with Crippen LogP contribution in [-0.4, -0.2) is 24.7 Å². The van der Waals surface area contributed by atoms with E-state index >= 15 is 0 Å². The van der Waals surface area contributed by atoms with Gasteiger partial charge >= 0.3 is 0 Å². The Labute approximate surface area is 73.9 Å². The molecule has 66 valence electrons. The summed E-state index contributed by atoms with van der Waals surface area (Å²) in [6.07, 6.45) is 7.24. The maximum absolute atomic E-state index is 5.01. The van der Waals surface area contributed by atoms with Crippen molar-refractivity contribution in [2.75, 3.05) is 19.5 Å². The fourth-order valence-electron chi connectivity index (χ4n) is 1.53. The largest absolute Gasteiger partial charge is 0.384 e. The Morgan fingerprint density at radius 3 is 2.64 bits per heavy atom. The number of rotatable bonds is 4. The average molecular weight is 174 g/mol. The van der Waals surface area contributed by atoms with E-state index in [1.165, 1.54) is 37.9 Å². The van der Waals surface area contributed by atoms with Crippen LogP contribution in [0.15, 0.2) is 0 Å². The first-order valence-electron chi connectivity index (χ1n) is 4.54. The summed E-state index contributed by atoms with van der Waals surface area (Å²) in [4.78, 5) is 0. The van der Waals surface area contributed by atoms with Crippen LogP contribution in [0.1, 0.15) is 32.1 Å². The zero-order valence-electron chi connectivity index (χ0n) is 7.34. The molecule has 0 saturated heterocycles. The molecular weight excluding hydrogens is 156 g/mol. The third kappa shape index (κ3) is 4.02. The van der Waals surface area contributed by atoms with Crippen molar-refractivity contribution in [3.63, 3.8) is 0 Å². The van der Waals surface area contributed by atoms with E-state index in [0.717, 1.165) is 11.9 Å². The smallest absolute Gasteiger partial charge is 0.0553 e. The van der Waals surface area contributed by atoms with Gasteiger partial charge in [0, 0.05) is 18.1 Å². The lowest BCUT2D eigenvalue weighted by atomic mass is 10.0. The summed E-state index contributed by atoms with van der Waals surface area (Å²) in [5.41, 5.74) is 0. The number of hydrogen-bond acceptors (Lipinski definition) is 2. The second kappa shape index (κ2) is 5.90. The van der Waals surface area contributed by atoms with E-state index in [9.17, 15) is 0 Å². The van der Waals surface area contributed by atoms with Gasteiger partial charge in [-0.1, -0.05) is 19.3 Å². The molecule has 2 heteroatoms. The van der Waals surface area contributed by atoms with Crippen molar-refractivity contribution in [1.82, 2.24) is 0 Å². The minimum Gasteiger partial charge on any atom is -0.384 e. The molecule has 0 aromatic heterocycles. The molecule has 0 atom stereocenters. The van der Waals surface area contributed by atoms with E-state index in [-0.39, 0.29) is 0 Å². The van der Waals surface area contributed by atoms with Gasteiger partial charge < -0.3 is 4.74 Å². The molecule has 0 unspecified atom stereocenters. The Morgan fingerprint density at radius 2 is 2.00 bits per heavy atom. The first-order chi connectivity index (χ1) is 5.43. The van der Waals surface area contributed by atoms with Crippen LogP contribution in [0.2, 0.25) is 0 Å². The molecule has 0 bridgehead atoms. The summed E-state index contributed by atoms with van der Waals surface area (Å²) in [5, 5.41) is 0.943. The summed E-state index contributed by atoms with van der Waals surface area (Å²) in [5.74, 6) is 1.18. The van der Waals surface area contributed by atoms with Gasteiger partial charge in [0.1, 0.15) is 0 Å². The standard InChI is InChI=1S/C9H18OS/c1-10-7-8-11-9-5-3-2-4-6-9/h9H,2-8H2,1H3. The van der Waals surface area contributed by atoms with Gasteiger partial charge in [-0.15, -0.1) is 0 Å². The van der Waals surface area contributed by atoms with Crippen molar-refractivity contribution < 1.29 is 4.74 Å². The van der Waals surface area contributed by atoms with Crippen LogP contribution in [-0.2, 0) is 4.74 Å². The number of hydrogen-bond donors (Lipinski definition) is 0. The highest BCUT2D eigenvalue weighted by Gasteiger charge is 2.12. The summed E-state index contributed by atoms with van der Waals surface area (Å²) < 4.78 is 5.01. The molecule has 0 heterocycles. The Bertz CT molecular complexity index is 89.6. The van der Waals surface area contributed by atoms with Crippen LogP contribution in [0.3, 0.4) is 0 Å². The lowest BCUT2D eigenvalue weighted by molar-refractivity contribution is 0.218. The molecule has 0 aliphatic heterocycles. The van der Waals surface area contributed by atoms with Gasteiger partial charge in [-0.05, 0) is 12.8 Å². The molecule has 1 rings (SSSR count). The monoisotopic (exact) mass is 174 g/mol. The maximum Gasteiger partial charge on any atom is 0.0553 e. The van der Waals surface area contributed by atoms with Gasteiger partial charge in [-0.3, -0.25) is 0 Å². The Balaban J connectivity index is 1.96. The van der Waals surface area contributed by atoms with Crippen LogP contribution in [0.4, 0.5) is 0 Å². The third-order valence-corrected chi connectivity index (χ3v) is 3.54. The average Bonchev–Trinajstić information content (AvgIpc) is 2.07. The van der Waals surface area contributed by atoms with Gasteiger partial charge in [-0.2, -0.15) is 11.8 Å². The molecule has 1 fully saturated rings. The van der Waals surface area contributed by atoms with Crippen LogP contribution in [0, 0.1) is 0 Å². The highest BCUT2D eigenvalue weighted by molar-refractivity contribution is 7.99. The van der Waals surface area contributed by atoms with Gasteiger partial charge in [0.25, 0.3) is 0 Å². The number of thioether (sulfide) groups is 1. The summed E-state index contributed by atoms with van der Waals surface area (Å²) in [6, 6.07) is 0. The zero-order valence-corrected chi connectivity index (χ0v) is 8.16. The highest BCUT2D eigenvalue weighted by atomic mass is 32.2. The summed E-state index contributed by atoms with van der Waals surface area (Å²) >= 11 is 2.10. The van der Waals surface area contributed by atoms with Crippen molar-refractivity contribution >= 4 is 11.8 Å². The normalized spacial score (nSPS) is 20.5. The molecular formula is C9H18OS. The first kappa shape index (κ1) is 9.40. The quantitative estimate of drug-likeness (QED) is 0.606. The molecule has 0 spiro atoms. The Hall–Kier alpha value is 0.310. The molecule has 0 radical (unpaired) electrons. The topological polar surface area (TPSA) is 9.23 Å². The minimum absolute atomic E-state index is 0.918. The predicted octanol–water partition coefficient (Wildman–Crippen LogP) is 2.70. The molecule has 0 amide bonds. The van der Waals surface area contributed by atoms with Crippen molar-refractivity contribution in [2.24, 2.45) is 0 Å². The van der Waals surface area contributed by atoms with Crippen LogP contribution < -0.4 is 0 Å². The SMILES string of the molecule is COCCSC1CCCCC1. The minimum atomic E-state index is 0.918. The Kier molecular flexibility index (Phi) is 5.04. The van der Waals surface area contributed by atoms with E-state index in [1.807, 2.05) is 0 Å². The highest BCUT2D eigenvalue weighted by Crippen LogP contribution is 2.27. The molecule has 0 aromatic carbocycles. The molecule has 1 saturated carbocycles. The van der Waals surface area contributed by atoms with Crippen molar-refractivity contribution in [3.8, 4) is 0 Å². The van der Waals surface area contributed by atoms with E-state index < -0.39 is 0 Å². The van der Waals surface area contributed by atoms with E-state index in [1.54, 1.807) is 7.11 Å². The Morgan fingerprint density at radius 1 is 1.27 bits per heavy atom. The fraction of sp³-hybridized carbons (Fsp3) is 1.00. The van der Waals surface area contributed by atoms with Gasteiger partial charge in [0.2, 0.25) is 0 Å².